The maximum atomic E-state index is 12.2. The first-order chi connectivity index (χ1) is 10.5. The monoisotopic (exact) mass is 337 g/mol. The summed E-state index contributed by atoms with van der Waals surface area (Å²) in [5.74, 6) is 0.449. The summed E-state index contributed by atoms with van der Waals surface area (Å²) in [4.78, 5) is 12.2. The lowest BCUT2D eigenvalue weighted by Gasteiger charge is -2.20. The van der Waals surface area contributed by atoms with Crippen LogP contribution in [0.25, 0.3) is 0 Å². The molecule has 0 bridgehead atoms. The van der Waals surface area contributed by atoms with Crippen LogP contribution in [0.3, 0.4) is 0 Å². The van der Waals surface area contributed by atoms with Crippen molar-refractivity contribution in [3.05, 3.63) is 64.1 Å². The summed E-state index contributed by atoms with van der Waals surface area (Å²) in [6.07, 6.45) is -0.601. The second-order valence-corrected chi connectivity index (χ2v) is 5.81. The molecule has 3 nitrogen and oxygen atoms in total. The average Bonchev–Trinajstić information content (AvgIpc) is 2.47. The first-order valence-electron chi connectivity index (χ1n) is 6.94. The highest BCUT2D eigenvalue weighted by molar-refractivity contribution is 6.35. The van der Waals surface area contributed by atoms with Crippen LogP contribution in [0.2, 0.25) is 10.0 Å². The fraction of sp³-hybridized carbons (Fsp3) is 0.235. The zero-order valence-corrected chi connectivity index (χ0v) is 13.9. The molecule has 116 valence electrons. The molecule has 0 aliphatic carbocycles. The summed E-state index contributed by atoms with van der Waals surface area (Å²) in [7, 11) is 0. The van der Waals surface area contributed by atoms with Crippen molar-refractivity contribution in [1.82, 2.24) is 5.32 Å². The Hall–Kier alpha value is -1.71. The van der Waals surface area contributed by atoms with Gasteiger partial charge < -0.3 is 10.1 Å². The molecule has 0 spiro atoms. The highest BCUT2D eigenvalue weighted by Crippen LogP contribution is 2.26. The standard InChI is InChI=1S/C17H17Cl2NO2/c1-11(15-9-8-13(18)10-16(15)19)20-17(21)12(2)22-14-6-4-3-5-7-14/h3-12H,1-2H3,(H,20,21)/t11-,12+/m0/s1. The molecule has 0 radical (unpaired) electrons. The normalized spacial score (nSPS) is 13.3. The quantitative estimate of drug-likeness (QED) is 0.863. The van der Waals surface area contributed by atoms with Gasteiger partial charge in [-0.2, -0.15) is 0 Å². The number of amides is 1. The molecule has 0 unspecified atom stereocenters. The van der Waals surface area contributed by atoms with Crippen molar-refractivity contribution in [2.75, 3.05) is 0 Å². The first kappa shape index (κ1) is 16.7. The third-order valence-corrected chi connectivity index (χ3v) is 3.78. The van der Waals surface area contributed by atoms with Crippen molar-refractivity contribution in [3.8, 4) is 5.75 Å². The molecule has 5 heteroatoms. The zero-order chi connectivity index (χ0) is 16.1. The molecule has 2 atom stereocenters. The van der Waals surface area contributed by atoms with Gasteiger partial charge in [-0.25, -0.2) is 0 Å². The smallest absolute Gasteiger partial charge is 0.261 e. The highest BCUT2D eigenvalue weighted by atomic mass is 35.5. The molecule has 1 N–H and O–H groups in total. The number of hydrogen-bond acceptors (Lipinski definition) is 2. The summed E-state index contributed by atoms with van der Waals surface area (Å²) in [5.41, 5.74) is 0.811. The summed E-state index contributed by atoms with van der Waals surface area (Å²) < 4.78 is 5.60. The molecular formula is C17H17Cl2NO2. The maximum absolute atomic E-state index is 12.2. The van der Waals surface area contributed by atoms with Crippen LogP contribution in [0.5, 0.6) is 5.75 Å². The molecule has 0 aromatic heterocycles. The van der Waals surface area contributed by atoms with Crippen molar-refractivity contribution in [2.45, 2.75) is 26.0 Å². The van der Waals surface area contributed by atoms with Crippen LogP contribution in [-0.2, 0) is 4.79 Å². The summed E-state index contributed by atoms with van der Waals surface area (Å²) in [5, 5.41) is 3.97. The number of nitrogens with one attached hydrogen (secondary N) is 1. The lowest BCUT2D eigenvalue weighted by molar-refractivity contribution is -0.127. The minimum Gasteiger partial charge on any atom is -0.481 e. The van der Waals surface area contributed by atoms with Gasteiger partial charge in [0.25, 0.3) is 5.91 Å². The molecular weight excluding hydrogens is 321 g/mol. The van der Waals surface area contributed by atoms with Crippen LogP contribution in [-0.4, -0.2) is 12.0 Å². The Morgan fingerprint density at radius 2 is 1.77 bits per heavy atom. The van der Waals surface area contributed by atoms with Crippen LogP contribution in [0, 0.1) is 0 Å². The molecule has 2 aromatic rings. The Morgan fingerprint density at radius 3 is 2.41 bits per heavy atom. The third kappa shape index (κ3) is 4.39. The molecule has 0 fully saturated rings. The highest BCUT2D eigenvalue weighted by Gasteiger charge is 2.19. The Labute approximate surface area is 140 Å². The zero-order valence-electron chi connectivity index (χ0n) is 12.3. The van der Waals surface area contributed by atoms with E-state index in [4.69, 9.17) is 27.9 Å². The van der Waals surface area contributed by atoms with Crippen LogP contribution >= 0.6 is 23.2 Å². The van der Waals surface area contributed by atoms with E-state index < -0.39 is 6.10 Å². The molecule has 0 saturated carbocycles. The van der Waals surface area contributed by atoms with Crippen LogP contribution in [0.1, 0.15) is 25.5 Å². The fourth-order valence-corrected chi connectivity index (χ4v) is 2.59. The number of carbonyl (C=O) groups excluding carboxylic acids is 1. The SMILES string of the molecule is C[C@H](NC(=O)[C@@H](C)Oc1ccccc1)c1ccc(Cl)cc1Cl. The van der Waals surface area contributed by atoms with E-state index in [0.29, 0.717) is 15.8 Å². The van der Waals surface area contributed by atoms with E-state index in [1.54, 1.807) is 25.1 Å². The summed E-state index contributed by atoms with van der Waals surface area (Å²) in [6.45, 7) is 3.57. The van der Waals surface area contributed by atoms with Crippen molar-refractivity contribution >= 4 is 29.1 Å². The number of para-hydroxylation sites is 1. The third-order valence-electron chi connectivity index (χ3n) is 3.21. The van der Waals surface area contributed by atoms with E-state index >= 15 is 0 Å². The molecule has 0 heterocycles. The predicted molar refractivity (Wildman–Crippen MR) is 89.6 cm³/mol. The van der Waals surface area contributed by atoms with Crippen molar-refractivity contribution in [1.29, 1.82) is 0 Å². The van der Waals surface area contributed by atoms with Crippen LogP contribution < -0.4 is 10.1 Å². The van der Waals surface area contributed by atoms with E-state index in [0.717, 1.165) is 5.56 Å². The average molecular weight is 338 g/mol. The predicted octanol–water partition coefficient (Wildman–Crippen LogP) is 4.64. The van der Waals surface area contributed by atoms with Gasteiger partial charge in [0.1, 0.15) is 5.75 Å². The molecule has 2 rings (SSSR count). The van der Waals surface area contributed by atoms with Gasteiger partial charge in [0.05, 0.1) is 6.04 Å². The fourth-order valence-electron chi connectivity index (χ4n) is 2.02. The Morgan fingerprint density at radius 1 is 1.09 bits per heavy atom. The molecule has 1 amide bonds. The number of hydrogen-bond donors (Lipinski definition) is 1. The van der Waals surface area contributed by atoms with Crippen molar-refractivity contribution in [2.24, 2.45) is 0 Å². The van der Waals surface area contributed by atoms with Gasteiger partial charge in [0, 0.05) is 10.0 Å². The van der Waals surface area contributed by atoms with Gasteiger partial charge in [-0.15, -0.1) is 0 Å². The van der Waals surface area contributed by atoms with Gasteiger partial charge in [0.2, 0.25) is 0 Å². The number of carbonyl (C=O) groups is 1. The summed E-state index contributed by atoms with van der Waals surface area (Å²) >= 11 is 12.0. The minimum atomic E-state index is -0.601. The topological polar surface area (TPSA) is 38.3 Å². The lowest BCUT2D eigenvalue weighted by Crippen LogP contribution is -2.37. The van der Waals surface area contributed by atoms with Crippen molar-refractivity contribution in [3.63, 3.8) is 0 Å². The lowest BCUT2D eigenvalue weighted by atomic mass is 10.1. The number of rotatable bonds is 5. The number of halogens is 2. The Kier molecular flexibility index (Phi) is 5.69. The number of ether oxygens (including phenoxy) is 1. The molecule has 2 aromatic carbocycles. The van der Waals surface area contributed by atoms with Gasteiger partial charge in [-0.3, -0.25) is 4.79 Å². The molecule has 0 aliphatic rings. The van der Waals surface area contributed by atoms with Crippen LogP contribution in [0.15, 0.2) is 48.5 Å². The van der Waals surface area contributed by atoms with E-state index in [-0.39, 0.29) is 11.9 Å². The second-order valence-electron chi connectivity index (χ2n) is 4.97. The second kappa shape index (κ2) is 7.52. The van der Waals surface area contributed by atoms with Crippen molar-refractivity contribution < 1.29 is 9.53 Å². The van der Waals surface area contributed by atoms with E-state index in [1.807, 2.05) is 37.3 Å². The van der Waals surface area contributed by atoms with E-state index in [9.17, 15) is 4.79 Å². The largest absolute Gasteiger partial charge is 0.481 e. The Bertz CT molecular complexity index is 646. The summed E-state index contributed by atoms with van der Waals surface area (Å²) in [6, 6.07) is 14.2. The molecule has 22 heavy (non-hydrogen) atoms. The molecule has 0 aliphatic heterocycles. The number of benzene rings is 2. The Balaban J connectivity index is 1.98. The first-order valence-corrected chi connectivity index (χ1v) is 7.70. The van der Waals surface area contributed by atoms with Gasteiger partial charge in [-0.1, -0.05) is 47.5 Å². The van der Waals surface area contributed by atoms with Gasteiger partial charge in [0.15, 0.2) is 6.10 Å². The molecule has 0 saturated heterocycles. The maximum Gasteiger partial charge on any atom is 0.261 e. The van der Waals surface area contributed by atoms with Crippen LogP contribution in [0.4, 0.5) is 0 Å². The van der Waals surface area contributed by atoms with E-state index in [1.165, 1.54) is 0 Å². The van der Waals surface area contributed by atoms with E-state index in [2.05, 4.69) is 5.32 Å². The minimum absolute atomic E-state index is 0.206. The van der Waals surface area contributed by atoms with Gasteiger partial charge >= 0.3 is 0 Å². The van der Waals surface area contributed by atoms with Gasteiger partial charge in [-0.05, 0) is 43.7 Å².